The fourth-order valence-electron chi connectivity index (χ4n) is 2.12. The summed E-state index contributed by atoms with van der Waals surface area (Å²) in [5.41, 5.74) is -0.544. The first-order valence-electron chi connectivity index (χ1n) is 7.01. The minimum atomic E-state index is -0.544. The zero-order chi connectivity index (χ0) is 13.6. The second-order valence-electron chi connectivity index (χ2n) is 5.68. The molecule has 0 spiro atoms. The van der Waals surface area contributed by atoms with Crippen molar-refractivity contribution in [1.82, 2.24) is 4.90 Å². The highest BCUT2D eigenvalue weighted by atomic mass is 16.5. The van der Waals surface area contributed by atoms with Crippen LogP contribution in [0.15, 0.2) is 0 Å². The van der Waals surface area contributed by atoms with Gasteiger partial charge in [-0.15, -0.1) is 6.42 Å². The Morgan fingerprint density at radius 3 is 2.61 bits per heavy atom. The molecule has 1 rings (SSSR count). The number of nitrogens with zero attached hydrogens (tertiary/aromatic N) is 1. The van der Waals surface area contributed by atoms with Crippen molar-refractivity contribution in [3.05, 3.63) is 0 Å². The van der Waals surface area contributed by atoms with Crippen LogP contribution in [0.5, 0.6) is 0 Å². The summed E-state index contributed by atoms with van der Waals surface area (Å²) < 4.78 is 5.64. The molecule has 18 heavy (non-hydrogen) atoms. The van der Waals surface area contributed by atoms with Crippen molar-refractivity contribution in [3.63, 3.8) is 0 Å². The summed E-state index contributed by atoms with van der Waals surface area (Å²) >= 11 is 0. The number of piperidine rings is 1. The van der Waals surface area contributed by atoms with Gasteiger partial charge in [-0.25, -0.2) is 0 Å². The van der Waals surface area contributed by atoms with Crippen molar-refractivity contribution in [1.29, 1.82) is 0 Å². The Balaban J connectivity index is 2.25. The monoisotopic (exact) mass is 253 g/mol. The van der Waals surface area contributed by atoms with Gasteiger partial charge in [0.1, 0.15) is 5.60 Å². The van der Waals surface area contributed by atoms with Crippen molar-refractivity contribution >= 4 is 0 Å². The molecule has 0 saturated carbocycles. The predicted octanol–water partition coefficient (Wildman–Crippen LogP) is 1.90. The van der Waals surface area contributed by atoms with Crippen molar-refractivity contribution < 1.29 is 9.84 Å². The molecule has 0 aromatic heterocycles. The van der Waals surface area contributed by atoms with E-state index in [9.17, 15) is 5.11 Å². The van der Waals surface area contributed by atoms with Crippen LogP contribution in [-0.4, -0.2) is 48.0 Å². The van der Waals surface area contributed by atoms with Gasteiger partial charge >= 0.3 is 0 Å². The highest BCUT2D eigenvalue weighted by Crippen LogP contribution is 2.17. The van der Waals surface area contributed by atoms with E-state index < -0.39 is 11.7 Å². The van der Waals surface area contributed by atoms with E-state index in [-0.39, 0.29) is 0 Å². The third-order valence-corrected chi connectivity index (χ3v) is 3.92. The molecule has 1 saturated heterocycles. The van der Waals surface area contributed by atoms with Crippen molar-refractivity contribution in [3.8, 4) is 12.3 Å². The number of likely N-dealkylation sites (tertiary alicyclic amines) is 1. The van der Waals surface area contributed by atoms with Gasteiger partial charge in [-0.2, -0.15) is 0 Å². The minimum Gasteiger partial charge on any atom is -0.389 e. The van der Waals surface area contributed by atoms with Gasteiger partial charge in [0.05, 0.1) is 12.7 Å². The molecule has 1 N–H and O–H groups in total. The minimum absolute atomic E-state index is 0.320. The number of ether oxygens (including phenoxy) is 1. The number of rotatable bonds is 6. The lowest BCUT2D eigenvalue weighted by atomic mass is 9.99. The first-order valence-corrected chi connectivity index (χ1v) is 7.01. The lowest BCUT2D eigenvalue weighted by Gasteiger charge is -2.32. The zero-order valence-corrected chi connectivity index (χ0v) is 12.0. The molecule has 2 atom stereocenters. The van der Waals surface area contributed by atoms with Crippen LogP contribution in [0.4, 0.5) is 0 Å². The topological polar surface area (TPSA) is 32.7 Å². The Labute approximate surface area is 112 Å². The first-order chi connectivity index (χ1) is 8.49. The van der Waals surface area contributed by atoms with E-state index >= 15 is 0 Å². The average molecular weight is 253 g/mol. The van der Waals surface area contributed by atoms with Gasteiger partial charge in [0.25, 0.3) is 0 Å². The third-order valence-electron chi connectivity index (χ3n) is 3.92. The lowest BCUT2D eigenvalue weighted by Crippen LogP contribution is -2.41. The molecular formula is C15H27NO2. The Bertz CT molecular complexity index is 279. The molecule has 3 heteroatoms. The maximum Gasteiger partial charge on any atom is 0.125 e. The van der Waals surface area contributed by atoms with Crippen LogP contribution in [-0.2, 0) is 4.74 Å². The van der Waals surface area contributed by atoms with Gasteiger partial charge in [0, 0.05) is 6.54 Å². The predicted molar refractivity (Wildman–Crippen MR) is 74.3 cm³/mol. The molecule has 0 aliphatic carbocycles. The summed E-state index contributed by atoms with van der Waals surface area (Å²) in [6.45, 7) is 9.35. The fraction of sp³-hybridized carbons (Fsp3) is 0.867. The van der Waals surface area contributed by atoms with Crippen LogP contribution >= 0.6 is 0 Å². The summed E-state index contributed by atoms with van der Waals surface area (Å²) in [5.74, 6) is 3.46. The highest BCUT2D eigenvalue weighted by Gasteiger charge is 2.23. The molecule has 0 amide bonds. The molecule has 0 unspecified atom stereocenters. The SMILES string of the molecule is C#C[C@](C)(CC)OC[C@@H](O)CN1CCC(C)CC1. The van der Waals surface area contributed by atoms with Gasteiger partial charge in [-0.3, -0.25) is 0 Å². The van der Waals surface area contributed by atoms with E-state index in [1.807, 2.05) is 13.8 Å². The Morgan fingerprint density at radius 1 is 1.50 bits per heavy atom. The van der Waals surface area contributed by atoms with Gasteiger partial charge in [-0.1, -0.05) is 19.8 Å². The Kier molecular flexibility index (Phi) is 6.14. The second-order valence-corrected chi connectivity index (χ2v) is 5.68. The molecule has 1 heterocycles. The molecule has 0 aromatic rings. The maximum absolute atomic E-state index is 9.99. The van der Waals surface area contributed by atoms with E-state index in [1.54, 1.807) is 0 Å². The standard InChI is InChI=1S/C15H27NO2/c1-5-15(4,6-2)18-12-14(17)11-16-9-7-13(3)8-10-16/h1,13-14,17H,6-12H2,2-4H3/t14-,15+/m0/s1. The zero-order valence-electron chi connectivity index (χ0n) is 12.0. The third kappa shape index (κ3) is 4.97. The van der Waals surface area contributed by atoms with E-state index in [4.69, 9.17) is 11.2 Å². The van der Waals surface area contributed by atoms with Crippen LogP contribution in [0.2, 0.25) is 0 Å². The second kappa shape index (κ2) is 7.13. The summed E-state index contributed by atoms with van der Waals surface area (Å²) in [6.07, 6.45) is 8.20. The molecule has 104 valence electrons. The number of β-amino-alcohol motifs (C(OH)–C–C–N with tert-alkyl or cyclic N) is 1. The van der Waals surface area contributed by atoms with Crippen LogP contribution in [0, 0.1) is 18.3 Å². The van der Waals surface area contributed by atoms with Crippen LogP contribution in [0.1, 0.15) is 40.0 Å². The van der Waals surface area contributed by atoms with Crippen LogP contribution < -0.4 is 0 Å². The summed E-state index contributed by atoms with van der Waals surface area (Å²) in [7, 11) is 0. The van der Waals surface area contributed by atoms with E-state index in [0.717, 1.165) is 25.4 Å². The van der Waals surface area contributed by atoms with Crippen LogP contribution in [0.25, 0.3) is 0 Å². The summed E-state index contributed by atoms with van der Waals surface area (Å²) in [6, 6.07) is 0. The van der Waals surface area contributed by atoms with E-state index in [1.165, 1.54) is 12.8 Å². The smallest absolute Gasteiger partial charge is 0.125 e. The quantitative estimate of drug-likeness (QED) is 0.734. The average Bonchev–Trinajstić information content (AvgIpc) is 2.39. The number of terminal acetylenes is 1. The van der Waals surface area contributed by atoms with E-state index in [0.29, 0.717) is 13.2 Å². The number of hydrogen-bond acceptors (Lipinski definition) is 3. The number of aliphatic hydroxyl groups excluding tert-OH is 1. The maximum atomic E-state index is 9.99. The Hall–Kier alpha value is -0.560. The molecular weight excluding hydrogens is 226 g/mol. The number of aliphatic hydroxyl groups is 1. The highest BCUT2D eigenvalue weighted by molar-refractivity contribution is 5.05. The lowest BCUT2D eigenvalue weighted by molar-refractivity contribution is -0.0489. The largest absolute Gasteiger partial charge is 0.389 e. The molecule has 0 radical (unpaired) electrons. The van der Waals surface area contributed by atoms with Gasteiger partial charge in [0.2, 0.25) is 0 Å². The van der Waals surface area contributed by atoms with Gasteiger partial charge < -0.3 is 14.7 Å². The van der Waals surface area contributed by atoms with Crippen molar-refractivity contribution in [2.75, 3.05) is 26.2 Å². The normalized spacial score (nSPS) is 23.3. The van der Waals surface area contributed by atoms with Crippen LogP contribution in [0.3, 0.4) is 0 Å². The van der Waals surface area contributed by atoms with Crippen molar-refractivity contribution in [2.24, 2.45) is 5.92 Å². The molecule has 1 fully saturated rings. The molecule has 0 bridgehead atoms. The summed E-state index contributed by atoms with van der Waals surface area (Å²) in [4.78, 5) is 2.31. The molecule has 3 nitrogen and oxygen atoms in total. The fourth-order valence-corrected chi connectivity index (χ4v) is 2.12. The first kappa shape index (κ1) is 15.5. The van der Waals surface area contributed by atoms with E-state index in [2.05, 4.69) is 17.7 Å². The molecule has 0 aromatic carbocycles. The molecule has 1 aliphatic heterocycles. The summed E-state index contributed by atoms with van der Waals surface area (Å²) in [5, 5.41) is 9.99. The van der Waals surface area contributed by atoms with Gasteiger partial charge in [0.15, 0.2) is 0 Å². The number of hydrogen-bond donors (Lipinski definition) is 1. The Morgan fingerprint density at radius 2 is 2.11 bits per heavy atom. The van der Waals surface area contributed by atoms with Crippen molar-refractivity contribution in [2.45, 2.75) is 51.7 Å². The van der Waals surface area contributed by atoms with Gasteiger partial charge in [-0.05, 0) is 45.2 Å². The molecule has 1 aliphatic rings.